The van der Waals surface area contributed by atoms with Crippen molar-refractivity contribution in [3.63, 3.8) is 0 Å². The summed E-state index contributed by atoms with van der Waals surface area (Å²) in [5.74, 6) is 0.821. The molecule has 0 fully saturated rings. The number of fused-ring (bicyclic) bond motifs is 1. The number of hydrogen-bond donors (Lipinski definition) is 2. The third kappa shape index (κ3) is 3.21. The fraction of sp³-hybridized carbons (Fsp3) is 0.538. The van der Waals surface area contributed by atoms with Crippen LogP contribution in [0, 0.1) is 0 Å². The molecule has 112 valence electrons. The molecule has 0 spiro atoms. The van der Waals surface area contributed by atoms with Crippen molar-refractivity contribution in [1.29, 1.82) is 0 Å². The van der Waals surface area contributed by atoms with Crippen LogP contribution in [0.25, 0.3) is 0 Å². The van der Waals surface area contributed by atoms with Gasteiger partial charge in [0.25, 0.3) is 0 Å². The highest BCUT2D eigenvalue weighted by Crippen LogP contribution is 2.22. The molecule has 0 unspecified atom stereocenters. The minimum absolute atomic E-state index is 0.0867. The van der Waals surface area contributed by atoms with E-state index in [2.05, 4.69) is 32.6 Å². The number of carbonyl (C=O) groups excluding carboxylic acids is 1. The van der Waals surface area contributed by atoms with E-state index in [-0.39, 0.29) is 12.1 Å². The third-order valence-corrected chi connectivity index (χ3v) is 4.21. The van der Waals surface area contributed by atoms with Gasteiger partial charge in [-0.15, -0.1) is 11.3 Å². The molecule has 3 rings (SSSR count). The molecule has 1 atom stereocenters. The quantitative estimate of drug-likeness (QED) is 0.908. The normalized spacial score (nSPS) is 17.3. The zero-order valence-corrected chi connectivity index (χ0v) is 12.7. The van der Waals surface area contributed by atoms with Crippen LogP contribution >= 0.6 is 11.3 Å². The highest BCUT2D eigenvalue weighted by molar-refractivity contribution is 7.13. The lowest BCUT2D eigenvalue weighted by Crippen LogP contribution is -2.36. The number of rotatable bonds is 4. The second-order valence-corrected chi connectivity index (χ2v) is 5.89. The van der Waals surface area contributed by atoms with E-state index in [9.17, 15) is 4.79 Å². The molecule has 2 aromatic rings. The predicted molar refractivity (Wildman–Crippen MR) is 80.3 cm³/mol. The lowest BCUT2D eigenvalue weighted by Gasteiger charge is -2.22. The Morgan fingerprint density at radius 2 is 2.48 bits per heavy atom. The highest BCUT2D eigenvalue weighted by atomic mass is 32.1. The molecule has 0 radical (unpaired) electrons. The molecule has 3 heterocycles. The van der Waals surface area contributed by atoms with Crippen LogP contribution in [0.3, 0.4) is 0 Å². The lowest BCUT2D eigenvalue weighted by molar-refractivity contribution is 0.244. The summed E-state index contributed by atoms with van der Waals surface area (Å²) in [6, 6.07) is -0.329. The van der Waals surface area contributed by atoms with Crippen molar-refractivity contribution in [1.82, 2.24) is 25.1 Å². The van der Waals surface area contributed by atoms with E-state index in [4.69, 9.17) is 0 Å². The number of nitrogens with one attached hydrogen (secondary N) is 2. The summed E-state index contributed by atoms with van der Waals surface area (Å²) in [5, 5.41) is 12.5. The minimum atomic E-state index is -0.242. The molecule has 1 aliphatic heterocycles. The second kappa shape index (κ2) is 6.21. The molecule has 7 nitrogen and oxygen atoms in total. The Labute approximate surface area is 126 Å². The maximum atomic E-state index is 12.1. The molecular formula is C13H18N6OS. The molecular weight excluding hydrogens is 288 g/mol. The Bertz CT molecular complexity index is 622. The number of urea groups is 1. The summed E-state index contributed by atoms with van der Waals surface area (Å²) >= 11 is 1.45. The van der Waals surface area contributed by atoms with Gasteiger partial charge in [-0.25, -0.2) is 19.4 Å². The standard InChI is InChI=1S/C13H18N6OS/c1-2-4-9-7-21-13(16-9)18-12(20)17-10-5-3-6-19-11(10)14-8-15-19/h7-8,10H,2-6H2,1H3,(H2,16,17,18,20)/t10-/m0/s1. The van der Waals surface area contributed by atoms with Crippen molar-refractivity contribution in [2.45, 2.75) is 45.2 Å². The van der Waals surface area contributed by atoms with Crippen LogP contribution in [-0.4, -0.2) is 25.8 Å². The van der Waals surface area contributed by atoms with E-state index in [1.54, 1.807) is 0 Å². The minimum Gasteiger partial charge on any atom is -0.328 e. The van der Waals surface area contributed by atoms with Gasteiger partial charge in [-0.2, -0.15) is 5.10 Å². The van der Waals surface area contributed by atoms with Crippen LogP contribution in [0.5, 0.6) is 0 Å². The van der Waals surface area contributed by atoms with Crippen LogP contribution in [0.4, 0.5) is 9.93 Å². The molecule has 8 heteroatoms. The van der Waals surface area contributed by atoms with Crippen LogP contribution in [0.2, 0.25) is 0 Å². The van der Waals surface area contributed by atoms with Crippen molar-refractivity contribution < 1.29 is 4.79 Å². The molecule has 2 amide bonds. The van der Waals surface area contributed by atoms with Gasteiger partial charge in [-0.05, 0) is 19.3 Å². The van der Waals surface area contributed by atoms with Gasteiger partial charge in [-0.1, -0.05) is 13.3 Å². The zero-order valence-electron chi connectivity index (χ0n) is 11.9. The molecule has 21 heavy (non-hydrogen) atoms. The molecule has 0 aliphatic carbocycles. The van der Waals surface area contributed by atoms with Crippen molar-refractivity contribution in [3.8, 4) is 0 Å². The fourth-order valence-corrected chi connectivity index (χ4v) is 3.19. The summed E-state index contributed by atoms with van der Waals surface area (Å²) in [4.78, 5) is 20.7. The first-order chi connectivity index (χ1) is 10.3. The second-order valence-electron chi connectivity index (χ2n) is 5.03. The van der Waals surface area contributed by atoms with Gasteiger partial charge < -0.3 is 5.32 Å². The van der Waals surface area contributed by atoms with E-state index < -0.39 is 0 Å². The zero-order chi connectivity index (χ0) is 14.7. The Morgan fingerprint density at radius 3 is 3.33 bits per heavy atom. The molecule has 0 saturated heterocycles. The first-order valence-electron chi connectivity index (χ1n) is 7.16. The summed E-state index contributed by atoms with van der Waals surface area (Å²) in [7, 11) is 0. The Morgan fingerprint density at radius 1 is 1.57 bits per heavy atom. The summed E-state index contributed by atoms with van der Waals surface area (Å²) < 4.78 is 1.84. The predicted octanol–water partition coefficient (Wildman–Crippen LogP) is 2.34. The smallest absolute Gasteiger partial charge is 0.321 e. The summed E-state index contributed by atoms with van der Waals surface area (Å²) in [6.07, 6.45) is 5.38. The topological polar surface area (TPSA) is 84.7 Å². The van der Waals surface area contributed by atoms with Gasteiger partial charge in [0.1, 0.15) is 12.2 Å². The van der Waals surface area contributed by atoms with Crippen LogP contribution in [-0.2, 0) is 13.0 Å². The Balaban J connectivity index is 1.59. The number of aryl methyl sites for hydroxylation is 2. The average Bonchev–Trinajstić information content (AvgIpc) is 3.09. The Kier molecular flexibility index (Phi) is 4.14. The van der Waals surface area contributed by atoms with Crippen LogP contribution in [0.15, 0.2) is 11.7 Å². The van der Waals surface area contributed by atoms with Gasteiger partial charge in [0, 0.05) is 11.9 Å². The van der Waals surface area contributed by atoms with Crippen molar-refractivity contribution in [2.24, 2.45) is 0 Å². The molecule has 2 N–H and O–H groups in total. The summed E-state index contributed by atoms with van der Waals surface area (Å²) in [5.41, 5.74) is 1.02. The third-order valence-electron chi connectivity index (χ3n) is 3.40. The van der Waals surface area contributed by atoms with E-state index in [0.29, 0.717) is 5.13 Å². The van der Waals surface area contributed by atoms with Crippen molar-refractivity contribution >= 4 is 22.5 Å². The number of aromatic nitrogens is 4. The maximum Gasteiger partial charge on any atom is 0.321 e. The van der Waals surface area contributed by atoms with Gasteiger partial charge in [-0.3, -0.25) is 5.32 Å². The SMILES string of the molecule is CCCc1csc(NC(=O)N[C@H]2CCCn3ncnc32)n1. The number of thiazole rings is 1. The van der Waals surface area contributed by atoms with Gasteiger partial charge in [0.2, 0.25) is 0 Å². The van der Waals surface area contributed by atoms with Gasteiger partial charge >= 0.3 is 6.03 Å². The molecule has 0 bridgehead atoms. The summed E-state index contributed by atoms with van der Waals surface area (Å²) in [6.45, 7) is 2.97. The molecule has 0 saturated carbocycles. The number of hydrogen-bond acceptors (Lipinski definition) is 5. The number of carbonyl (C=O) groups is 1. The van der Waals surface area contributed by atoms with E-state index in [0.717, 1.165) is 43.7 Å². The largest absolute Gasteiger partial charge is 0.328 e. The number of amides is 2. The first-order valence-corrected chi connectivity index (χ1v) is 8.04. The fourth-order valence-electron chi connectivity index (χ4n) is 2.45. The van der Waals surface area contributed by atoms with E-state index in [1.807, 2.05) is 10.1 Å². The maximum absolute atomic E-state index is 12.1. The van der Waals surface area contributed by atoms with Gasteiger partial charge in [0.05, 0.1) is 11.7 Å². The highest BCUT2D eigenvalue weighted by Gasteiger charge is 2.24. The average molecular weight is 306 g/mol. The number of nitrogens with zero attached hydrogens (tertiary/aromatic N) is 4. The van der Waals surface area contributed by atoms with E-state index >= 15 is 0 Å². The molecule has 2 aromatic heterocycles. The van der Waals surface area contributed by atoms with Crippen molar-refractivity contribution in [2.75, 3.05) is 5.32 Å². The van der Waals surface area contributed by atoms with Crippen LogP contribution in [0.1, 0.15) is 43.7 Å². The molecule has 0 aromatic carbocycles. The monoisotopic (exact) mass is 306 g/mol. The first kappa shape index (κ1) is 14.0. The van der Waals surface area contributed by atoms with Crippen LogP contribution < -0.4 is 10.6 Å². The lowest BCUT2D eigenvalue weighted by atomic mass is 10.1. The van der Waals surface area contributed by atoms with E-state index in [1.165, 1.54) is 17.7 Å². The Hall–Kier alpha value is -1.96. The molecule has 1 aliphatic rings. The number of anilines is 1. The van der Waals surface area contributed by atoms with Crippen molar-refractivity contribution in [3.05, 3.63) is 23.2 Å². The van der Waals surface area contributed by atoms with Gasteiger partial charge in [0.15, 0.2) is 5.13 Å².